The van der Waals surface area contributed by atoms with Gasteiger partial charge in [-0.2, -0.15) is 0 Å². The molecule has 0 bridgehead atoms. The Morgan fingerprint density at radius 3 is 2.68 bits per heavy atom. The molecule has 5 nitrogen and oxygen atoms in total. The van der Waals surface area contributed by atoms with E-state index in [4.69, 9.17) is 9.47 Å². The molecule has 6 heteroatoms. The molecule has 3 aromatic rings. The lowest BCUT2D eigenvalue weighted by atomic mass is 10.1. The molecule has 0 atom stereocenters. The second kappa shape index (κ2) is 7.25. The van der Waals surface area contributed by atoms with Crippen LogP contribution in [-0.4, -0.2) is 31.7 Å². The largest absolute Gasteiger partial charge is 0.493 e. The predicted molar refractivity (Wildman–Crippen MR) is 93.8 cm³/mol. The van der Waals surface area contributed by atoms with Crippen molar-refractivity contribution in [3.05, 3.63) is 59.5 Å². The Bertz CT molecular complexity index is 905. The van der Waals surface area contributed by atoms with Gasteiger partial charge in [0.15, 0.2) is 11.5 Å². The van der Waals surface area contributed by atoms with E-state index in [-0.39, 0.29) is 11.7 Å². The average Bonchev–Trinajstić information content (AvgIpc) is 3.03. The maximum atomic E-state index is 13.4. The highest BCUT2D eigenvalue weighted by molar-refractivity contribution is 5.95. The van der Waals surface area contributed by atoms with Crippen LogP contribution in [0.3, 0.4) is 0 Å². The number of nitrogens with one attached hydrogen (secondary N) is 2. The van der Waals surface area contributed by atoms with Crippen molar-refractivity contribution in [3.63, 3.8) is 0 Å². The number of fused-ring (bicyclic) bond motifs is 1. The van der Waals surface area contributed by atoms with Gasteiger partial charge in [0.25, 0.3) is 5.91 Å². The van der Waals surface area contributed by atoms with Crippen LogP contribution in [0.5, 0.6) is 11.5 Å². The lowest BCUT2D eigenvalue weighted by Crippen LogP contribution is -2.25. The van der Waals surface area contributed by atoms with Crippen molar-refractivity contribution in [2.24, 2.45) is 0 Å². The Kier molecular flexibility index (Phi) is 4.88. The molecule has 3 rings (SSSR count). The summed E-state index contributed by atoms with van der Waals surface area (Å²) in [7, 11) is 3.07. The van der Waals surface area contributed by atoms with Crippen molar-refractivity contribution in [1.82, 2.24) is 10.3 Å². The van der Waals surface area contributed by atoms with Crippen molar-refractivity contribution in [1.29, 1.82) is 0 Å². The lowest BCUT2D eigenvalue weighted by molar-refractivity contribution is 0.0953. The van der Waals surface area contributed by atoms with Crippen molar-refractivity contribution >= 4 is 16.8 Å². The van der Waals surface area contributed by atoms with Crippen molar-refractivity contribution in [2.75, 3.05) is 20.8 Å². The van der Waals surface area contributed by atoms with Gasteiger partial charge in [0.05, 0.1) is 14.2 Å². The highest BCUT2D eigenvalue weighted by Crippen LogP contribution is 2.27. The molecule has 2 aromatic carbocycles. The number of methoxy groups -OCH3 is 2. The Hall–Kier alpha value is -3.02. The first-order valence-corrected chi connectivity index (χ1v) is 7.88. The third-order valence-electron chi connectivity index (χ3n) is 4.06. The first kappa shape index (κ1) is 16.8. The Labute approximate surface area is 144 Å². The number of benzene rings is 2. The number of aromatic nitrogens is 1. The van der Waals surface area contributed by atoms with E-state index in [0.29, 0.717) is 30.0 Å². The van der Waals surface area contributed by atoms with Gasteiger partial charge in [0.2, 0.25) is 0 Å². The van der Waals surface area contributed by atoms with E-state index in [1.54, 1.807) is 31.4 Å². The topological polar surface area (TPSA) is 63.3 Å². The molecule has 0 unspecified atom stereocenters. The summed E-state index contributed by atoms with van der Waals surface area (Å²) in [5.41, 5.74) is 2.33. The SMILES string of the molecule is COc1ccc(C(=O)NCCc2c[nH]c3ccc(F)cc23)cc1OC. The number of H-pyrrole nitrogens is 1. The smallest absolute Gasteiger partial charge is 0.251 e. The van der Waals surface area contributed by atoms with E-state index in [0.717, 1.165) is 16.5 Å². The highest BCUT2D eigenvalue weighted by atomic mass is 19.1. The summed E-state index contributed by atoms with van der Waals surface area (Å²) < 4.78 is 23.8. The van der Waals surface area contributed by atoms with E-state index in [2.05, 4.69) is 10.3 Å². The zero-order valence-corrected chi connectivity index (χ0v) is 14.1. The van der Waals surface area contributed by atoms with Gasteiger partial charge in [0.1, 0.15) is 5.82 Å². The molecule has 0 radical (unpaired) electrons. The molecule has 2 N–H and O–H groups in total. The van der Waals surface area contributed by atoms with Crippen molar-refractivity contribution in [2.45, 2.75) is 6.42 Å². The van der Waals surface area contributed by atoms with E-state index in [9.17, 15) is 9.18 Å². The second-order valence-corrected chi connectivity index (χ2v) is 5.58. The van der Waals surface area contributed by atoms with Gasteiger partial charge in [-0.15, -0.1) is 0 Å². The summed E-state index contributed by atoms with van der Waals surface area (Å²) in [6.07, 6.45) is 2.44. The standard InChI is InChI=1S/C19H19FN2O3/c1-24-17-6-3-12(9-18(17)25-2)19(23)21-8-7-13-11-22-16-5-4-14(20)10-15(13)16/h3-6,9-11,22H,7-8H2,1-2H3,(H,21,23). The van der Waals surface area contributed by atoms with Crippen LogP contribution in [0.1, 0.15) is 15.9 Å². The monoisotopic (exact) mass is 342 g/mol. The molecular formula is C19H19FN2O3. The number of carbonyl (C=O) groups excluding carboxylic acids is 1. The third kappa shape index (κ3) is 3.57. The van der Waals surface area contributed by atoms with Crippen LogP contribution in [0, 0.1) is 5.82 Å². The van der Waals surface area contributed by atoms with Crippen LogP contribution in [0.25, 0.3) is 10.9 Å². The van der Waals surface area contributed by atoms with Gasteiger partial charge in [-0.05, 0) is 48.4 Å². The number of carbonyl (C=O) groups is 1. The predicted octanol–water partition coefficient (Wildman–Crippen LogP) is 3.30. The minimum absolute atomic E-state index is 0.202. The van der Waals surface area contributed by atoms with E-state index >= 15 is 0 Å². The fourth-order valence-electron chi connectivity index (χ4n) is 2.75. The van der Waals surface area contributed by atoms with Gasteiger partial charge in [-0.3, -0.25) is 4.79 Å². The summed E-state index contributed by atoms with van der Waals surface area (Å²) in [6.45, 7) is 0.441. The molecule has 0 fully saturated rings. The summed E-state index contributed by atoms with van der Waals surface area (Å²) in [5.74, 6) is 0.594. The Balaban J connectivity index is 1.65. The number of rotatable bonds is 6. The minimum atomic E-state index is -0.275. The molecule has 0 aliphatic heterocycles. The van der Waals surface area contributed by atoms with Gasteiger partial charge < -0.3 is 19.8 Å². The quantitative estimate of drug-likeness (QED) is 0.722. The number of hydrogen-bond donors (Lipinski definition) is 2. The van der Waals surface area contributed by atoms with Gasteiger partial charge in [0, 0.05) is 29.2 Å². The normalized spacial score (nSPS) is 10.7. The molecule has 0 saturated carbocycles. The summed E-state index contributed by atoms with van der Waals surface area (Å²) in [4.78, 5) is 15.4. The fourth-order valence-corrected chi connectivity index (χ4v) is 2.75. The molecule has 130 valence electrons. The molecule has 0 aliphatic rings. The van der Waals surface area contributed by atoms with Crippen LogP contribution in [-0.2, 0) is 6.42 Å². The molecule has 0 spiro atoms. The second-order valence-electron chi connectivity index (χ2n) is 5.58. The number of amides is 1. The molecule has 0 saturated heterocycles. The zero-order chi connectivity index (χ0) is 17.8. The first-order chi connectivity index (χ1) is 12.1. The third-order valence-corrected chi connectivity index (χ3v) is 4.06. The molecule has 1 aromatic heterocycles. The number of halogens is 1. The van der Waals surface area contributed by atoms with Crippen molar-refractivity contribution < 1.29 is 18.7 Å². The Morgan fingerprint density at radius 2 is 1.92 bits per heavy atom. The molecule has 1 heterocycles. The van der Waals surface area contributed by atoms with E-state index in [1.807, 2.05) is 6.20 Å². The lowest BCUT2D eigenvalue weighted by Gasteiger charge is -2.10. The maximum absolute atomic E-state index is 13.4. The van der Waals surface area contributed by atoms with Crippen LogP contribution in [0.2, 0.25) is 0 Å². The fraction of sp³-hybridized carbons (Fsp3) is 0.211. The summed E-state index contributed by atoms with van der Waals surface area (Å²) in [5, 5.41) is 3.70. The van der Waals surface area contributed by atoms with Gasteiger partial charge >= 0.3 is 0 Å². The molecule has 0 aliphatic carbocycles. The number of hydrogen-bond acceptors (Lipinski definition) is 3. The van der Waals surface area contributed by atoms with Crippen molar-refractivity contribution in [3.8, 4) is 11.5 Å². The first-order valence-electron chi connectivity index (χ1n) is 7.88. The zero-order valence-electron chi connectivity index (χ0n) is 14.1. The molecule has 25 heavy (non-hydrogen) atoms. The van der Waals surface area contributed by atoms with E-state index < -0.39 is 0 Å². The molecule has 1 amide bonds. The van der Waals surface area contributed by atoms with Gasteiger partial charge in [-0.25, -0.2) is 4.39 Å². The van der Waals surface area contributed by atoms with Crippen LogP contribution >= 0.6 is 0 Å². The maximum Gasteiger partial charge on any atom is 0.251 e. The van der Waals surface area contributed by atoms with Crippen LogP contribution in [0.4, 0.5) is 4.39 Å². The van der Waals surface area contributed by atoms with Crippen LogP contribution < -0.4 is 14.8 Å². The number of aromatic amines is 1. The minimum Gasteiger partial charge on any atom is -0.493 e. The summed E-state index contributed by atoms with van der Waals surface area (Å²) >= 11 is 0. The van der Waals surface area contributed by atoms with Gasteiger partial charge in [-0.1, -0.05) is 0 Å². The molecular weight excluding hydrogens is 323 g/mol. The Morgan fingerprint density at radius 1 is 1.12 bits per heavy atom. The van der Waals surface area contributed by atoms with Crippen LogP contribution in [0.15, 0.2) is 42.6 Å². The highest BCUT2D eigenvalue weighted by Gasteiger charge is 2.11. The number of ether oxygens (including phenoxy) is 2. The average molecular weight is 342 g/mol. The summed E-state index contributed by atoms with van der Waals surface area (Å²) in [6, 6.07) is 9.62. The van der Waals surface area contributed by atoms with E-state index in [1.165, 1.54) is 19.2 Å².